The molecule has 0 spiro atoms. The minimum Gasteiger partial charge on any atom is -0.497 e. The summed E-state index contributed by atoms with van der Waals surface area (Å²) in [5, 5.41) is 2.72. The molecule has 168 valence electrons. The average Bonchev–Trinajstić information content (AvgIpc) is 3.08. The Hall–Kier alpha value is -2.78. The highest BCUT2D eigenvalue weighted by atomic mass is 32.2. The molecule has 3 rings (SSSR count). The second kappa shape index (κ2) is 10.5. The number of benzene rings is 2. The Morgan fingerprint density at radius 2 is 1.58 bits per heavy atom. The molecule has 0 aromatic heterocycles. The fourth-order valence-electron chi connectivity index (χ4n) is 3.39. The smallest absolute Gasteiger partial charge is 0.262 e. The van der Waals surface area contributed by atoms with E-state index in [0.717, 1.165) is 25.7 Å². The minimum absolute atomic E-state index is 0.229. The van der Waals surface area contributed by atoms with Crippen LogP contribution in [-0.4, -0.2) is 52.5 Å². The molecular formula is C22H28N2O6S. The van der Waals surface area contributed by atoms with E-state index in [1.165, 1.54) is 26.4 Å². The second-order valence-corrected chi connectivity index (χ2v) is 9.13. The fourth-order valence-corrected chi connectivity index (χ4v) is 4.90. The molecule has 8 nitrogen and oxygen atoms in total. The monoisotopic (exact) mass is 448 g/mol. The highest BCUT2D eigenvalue weighted by molar-refractivity contribution is 7.89. The van der Waals surface area contributed by atoms with Crippen LogP contribution in [0.2, 0.25) is 0 Å². The molecule has 1 aliphatic heterocycles. The van der Waals surface area contributed by atoms with Crippen molar-refractivity contribution < 1.29 is 27.4 Å². The lowest BCUT2D eigenvalue weighted by Gasteiger charge is -2.20. The number of methoxy groups -OCH3 is 2. The summed E-state index contributed by atoms with van der Waals surface area (Å²) in [6.07, 6.45) is 3.88. The van der Waals surface area contributed by atoms with E-state index in [4.69, 9.17) is 14.2 Å². The lowest BCUT2D eigenvalue weighted by Crippen LogP contribution is -2.31. The quantitative estimate of drug-likeness (QED) is 0.666. The van der Waals surface area contributed by atoms with E-state index in [-0.39, 0.29) is 17.4 Å². The maximum Gasteiger partial charge on any atom is 0.262 e. The standard InChI is InChI=1S/C22H28N2O6S/c1-28-18-9-12-21(29-2)20(15-18)23-22(25)16-30-17-7-10-19(11-8-17)31(26,27)24-13-5-3-4-6-14-24/h7-12,15H,3-6,13-14,16H2,1-2H3,(H,23,25). The first-order valence-corrected chi connectivity index (χ1v) is 11.6. The lowest BCUT2D eigenvalue weighted by atomic mass is 10.2. The molecule has 0 unspecified atom stereocenters. The molecule has 0 bridgehead atoms. The Morgan fingerprint density at radius 1 is 0.935 bits per heavy atom. The summed E-state index contributed by atoms with van der Waals surface area (Å²) < 4.78 is 43.1. The number of rotatable bonds is 8. The molecule has 31 heavy (non-hydrogen) atoms. The third-order valence-electron chi connectivity index (χ3n) is 5.08. The fraction of sp³-hybridized carbons (Fsp3) is 0.409. The molecule has 1 N–H and O–H groups in total. The summed E-state index contributed by atoms with van der Waals surface area (Å²) in [7, 11) is -0.472. The van der Waals surface area contributed by atoms with Gasteiger partial charge in [0.05, 0.1) is 24.8 Å². The van der Waals surface area contributed by atoms with Gasteiger partial charge >= 0.3 is 0 Å². The molecule has 0 saturated carbocycles. The number of anilines is 1. The summed E-state index contributed by atoms with van der Waals surface area (Å²) in [5.41, 5.74) is 0.467. The largest absolute Gasteiger partial charge is 0.497 e. The van der Waals surface area contributed by atoms with Crippen LogP contribution < -0.4 is 19.5 Å². The number of nitrogens with zero attached hydrogens (tertiary/aromatic N) is 1. The molecule has 0 radical (unpaired) electrons. The van der Waals surface area contributed by atoms with Crippen molar-refractivity contribution in [3.05, 3.63) is 42.5 Å². The zero-order valence-corrected chi connectivity index (χ0v) is 18.6. The van der Waals surface area contributed by atoms with Crippen molar-refractivity contribution in [1.82, 2.24) is 4.31 Å². The van der Waals surface area contributed by atoms with E-state index in [9.17, 15) is 13.2 Å². The van der Waals surface area contributed by atoms with Crippen molar-refractivity contribution >= 4 is 21.6 Å². The Bertz CT molecular complexity index is 984. The highest BCUT2D eigenvalue weighted by Gasteiger charge is 2.25. The van der Waals surface area contributed by atoms with Gasteiger partial charge in [-0.2, -0.15) is 4.31 Å². The van der Waals surface area contributed by atoms with Crippen molar-refractivity contribution in [3.8, 4) is 17.2 Å². The van der Waals surface area contributed by atoms with Gasteiger partial charge in [-0.3, -0.25) is 4.79 Å². The van der Waals surface area contributed by atoms with Crippen LogP contribution in [0.1, 0.15) is 25.7 Å². The topological polar surface area (TPSA) is 94.2 Å². The lowest BCUT2D eigenvalue weighted by molar-refractivity contribution is -0.118. The molecular weight excluding hydrogens is 420 g/mol. The van der Waals surface area contributed by atoms with Gasteiger partial charge in [0.15, 0.2) is 6.61 Å². The van der Waals surface area contributed by atoms with Crippen LogP contribution >= 0.6 is 0 Å². The second-order valence-electron chi connectivity index (χ2n) is 7.19. The number of hydrogen-bond donors (Lipinski definition) is 1. The molecule has 1 saturated heterocycles. The summed E-state index contributed by atoms with van der Waals surface area (Å²) in [4.78, 5) is 12.5. The van der Waals surface area contributed by atoms with Crippen LogP contribution in [0.4, 0.5) is 5.69 Å². The van der Waals surface area contributed by atoms with E-state index >= 15 is 0 Å². The van der Waals surface area contributed by atoms with Crippen LogP contribution in [0.3, 0.4) is 0 Å². The number of nitrogens with one attached hydrogen (secondary N) is 1. The van der Waals surface area contributed by atoms with Crippen LogP contribution in [-0.2, 0) is 14.8 Å². The molecule has 9 heteroatoms. The first-order valence-electron chi connectivity index (χ1n) is 10.2. The van der Waals surface area contributed by atoms with E-state index in [0.29, 0.717) is 36.0 Å². The molecule has 0 atom stereocenters. The molecule has 2 aromatic rings. The number of ether oxygens (including phenoxy) is 3. The van der Waals surface area contributed by atoms with Gasteiger partial charge in [0.1, 0.15) is 17.2 Å². The van der Waals surface area contributed by atoms with Crippen LogP contribution in [0.25, 0.3) is 0 Å². The SMILES string of the molecule is COc1ccc(OC)c(NC(=O)COc2ccc(S(=O)(=O)N3CCCCCC3)cc2)c1. The third-order valence-corrected chi connectivity index (χ3v) is 6.99. The van der Waals surface area contributed by atoms with Crippen LogP contribution in [0.15, 0.2) is 47.4 Å². The summed E-state index contributed by atoms with van der Waals surface area (Å²) in [6, 6.07) is 11.2. The van der Waals surface area contributed by atoms with E-state index in [2.05, 4.69) is 5.32 Å². The molecule has 0 aliphatic carbocycles. The third kappa shape index (κ3) is 5.89. The minimum atomic E-state index is -3.52. The van der Waals surface area contributed by atoms with Gasteiger partial charge in [0.2, 0.25) is 10.0 Å². The Kier molecular flexibility index (Phi) is 7.75. The number of carbonyl (C=O) groups is 1. The molecule has 1 amide bonds. The molecule has 1 fully saturated rings. The number of amides is 1. The van der Waals surface area contributed by atoms with Gasteiger partial charge in [-0.05, 0) is 49.2 Å². The normalized spacial score (nSPS) is 15.0. The molecule has 1 aliphatic rings. The molecule has 1 heterocycles. The zero-order valence-electron chi connectivity index (χ0n) is 17.8. The van der Waals surface area contributed by atoms with Gasteiger partial charge < -0.3 is 19.5 Å². The van der Waals surface area contributed by atoms with Gasteiger partial charge in [0, 0.05) is 19.2 Å². The van der Waals surface area contributed by atoms with Gasteiger partial charge in [-0.15, -0.1) is 0 Å². The first-order chi connectivity index (χ1) is 14.9. The number of sulfonamides is 1. The van der Waals surface area contributed by atoms with Crippen molar-refractivity contribution in [1.29, 1.82) is 0 Å². The van der Waals surface area contributed by atoms with E-state index in [1.54, 1.807) is 34.6 Å². The molecule has 2 aromatic carbocycles. The van der Waals surface area contributed by atoms with Crippen LogP contribution in [0, 0.1) is 0 Å². The van der Waals surface area contributed by atoms with Gasteiger partial charge in [-0.25, -0.2) is 8.42 Å². The van der Waals surface area contributed by atoms with Gasteiger partial charge in [0.25, 0.3) is 5.91 Å². The number of carbonyl (C=O) groups excluding carboxylic acids is 1. The predicted molar refractivity (Wildman–Crippen MR) is 117 cm³/mol. The first kappa shape index (κ1) is 22.9. The van der Waals surface area contributed by atoms with Gasteiger partial charge in [-0.1, -0.05) is 12.8 Å². The van der Waals surface area contributed by atoms with E-state index < -0.39 is 10.0 Å². The Balaban J connectivity index is 1.59. The highest BCUT2D eigenvalue weighted by Crippen LogP contribution is 2.29. The van der Waals surface area contributed by atoms with Crippen LogP contribution in [0.5, 0.6) is 17.2 Å². The van der Waals surface area contributed by atoms with Crippen molar-refractivity contribution in [2.24, 2.45) is 0 Å². The Morgan fingerprint density at radius 3 is 2.19 bits per heavy atom. The maximum absolute atomic E-state index is 12.8. The maximum atomic E-state index is 12.8. The van der Waals surface area contributed by atoms with Crippen molar-refractivity contribution in [3.63, 3.8) is 0 Å². The zero-order chi connectivity index (χ0) is 22.3. The summed E-state index contributed by atoms with van der Waals surface area (Å²) in [5.74, 6) is 1.10. The Labute approximate surface area is 183 Å². The predicted octanol–water partition coefficient (Wildman–Crippen LogP) is 3.29. The summed E-state index contributed by atoms with van der Waals surface area (Å²) in [6.45, 7) is 0.863. The van der Waals surface area contributed by atoms with Crippen molar-refractivity contribution in [2.75, 3.05) is 39.2 Å². The van der Waals surface area contributed by atoms with Crippen molar-refractivity contribution in [2.45, 2.75) is 30.6 Å². The number of hydrogen-bond acceptors (Lipinski definition) is 6. The average molecular weight is 449 g/mol. The summed E-state index contributed by atoms with van der Waals surface area (Å²) >= 11 is 0. The van der Waals surface area contributed by atoms with E-state index in [1.807, 2.05) is 0 Å².